The Morgan fingerprint density at radius 1 is 1.33 bits per heavy atom. The topological polar surface area (TPSA) is 28.2 Å². The van der Waals surface area contributed by atoms with Crippen LogP contribution in [-0.2, 0) is 6.54 Å². The molecule has 1 aromatic rings. The summed E-state index contributed by atoms with van der Waals surface area (Å²) in [5.41, 5.74) is 3.98. The zero-order valence-corrected chi connectivity index (χ0v) is 14.6. The number of pyridine rings is 1. The van der Waals surface area contributed by atoms with E-state index in [9.17, 15) is 0 Å². The summed E-state index contributed by atoms with van der Waals surface area (Å²) < 4.78 is 0. The first-order valence-corrected chi connectivity index (χ1v) is 8.27. The van der Waals surface area contributed by atoms with Gasteiger partial charge in [0.05, 0.1) is 0 Å². The maximum Gasteiger partial charge on any atom is 0.133 e. The predicted octanol–water partition coefficient (Wildman–Crippen LogP) is 3.82. The van der Waals surface area contributed by atoms with E-state index in [2.05, 4.69) is 57.8 Å². The van der Waals surface area contributed by atoms with Gasteiger partial charge in [-0.05, 0) is 58.6 Å². The standard InChI is InChI=1S/C18H31N3/c1-7-15-8-9-21(12-15)17-16(11-19-18(4,5)6)13(2)10-14(3)20-17/h10,15,19H,7-9,11-12H2,1-6H3. The minimum Gasteiger partial charge on any atom is -0.356 e. The van der Waals surface area contributed by atoms with Gasteiger partial charge in [0.2, 0.25) is 0 Å². The van der Waals surface area contributed by atoms with Gasteiger partial charge >= 0.3 is 0 Å². The Bertz CT molecular complexity index is 488. The molecule has 2 rings (SSSR count). The van der Waals surface area contributed by atoms with Crippen molar-refractivity contribution in [3.05, 3.63) is 22.9 Å². The van der Waals surface area contributed by atoms with E-state index < -0.39 is 0 Å². The molecule has 0 radical (unpaired) electrons. The number of nitrogens with zero attached hydrogens (tertiary/aromatic N) is 2. The highest BCUT2D eigenvalue weighted by molar-refractivity contribution is 5.52. The van der Waals surface area contributed by atoms with Crippen molar-refractivity contribution >= 4 is 5.82 Å². The molecule has 0 bridgehead atoms. The van der Waals surface area contributed by atoms with Crippen LogP contribution in [0.2, 0.25) is 0 Å². The van der Waals surface area contributed by atoms with Gasteiger partial charge in [0.15, 0.2) is 0 Å². The smallest absolute Gasteiger partial charge is 0.133 e. The first-order valence-electron chi connectivity index (χ1n) is 8.27. The highest BCUT2D eigenvalue weighted by Crippen LogP contribution is 2.29. The van der Waals surface area contributed by atoms with Crippen LogP contribution in [0.3, 0.4) is 0 Å². The van der Waals surface area contributed by atoms with Crippen molar-refractivity contribution in [2.75, 3.05) is 18.0 Å². The summed E-state index contributed by atoms with van der Waals surface area (Å²) in [6, 6.07) is 2.20. The molecule has 3 heteroatoms. The van der Waals surface area contributed by atoms with Crippen LogP contribution in [0.4, 0.5) is 5.82 Å². The SMILES string of the molecule is CCC1CCN(c2nc(C)cc(C)c2CNC(C)(C)C)C1. The molecule has 2 heterocycles. The molecule has 1 aromatic heterocycles. The van der Waals surface area contributed by atoms with Crippen LogP contribution in [-0.4, -0.2) is 23.6 Å². The Morgan fingerprint density at radius 3 is 2.62 bits per heavy atom. The van der Waals surface area contributed by atoms with Crippen molar-refractivity contribution in [3.63, 3.8) is 0 Å². The van der Waals surface area contributed by atoms with Crippen LogP contribution in [0.15, 0.2) is 6.07 Å². The van der Waals surface area contributed by atoms with Gasteiger partial charge in [-0.2, -0.15) is 0 Å². The molecule has 1 saturated heterocycles. The van der Waals surface area contributed by atoms with E-state index in [1.54, 1.807) is 0 Å². The summed E-state index contributed by atoms with van der Waals surface area (Å²) in [7, 11) is 0. The molecule has 0 saturated carbocycles. The van der Waals surface area contributed by atoms with Crippen LogP contribution in [0, 0.1) is 19.8 Å². The molecule has 118 valence electrons. The average molecular weight is 289 g/mol. The molecule has 0 spiro atoms. The molecule has 1 aliphatic rings. The second-order valence-corrected chi connectivity index (χ2v) is 7.50. The maximum atomic E-state index is 4.87. The highest BCUT2D eigenvalue weighted by atomic mass is 15.2. The zero-order chi connectivity index (χ0) is 15.6. The minimum atomic E-state index is 0.131. The molecular formula is C18H31N3. The first-order chi connectivity index (χ1) is 9.80. The Balaban J connectivity index is 2.26. The maximum absolute atomic E-state index is 4.87. The van der Waals surface area contributed by atoms with Gasteiger partial charge in [-0.3, -0.25) is 0 Å². The molecule has 21 heavy (non-hydrogen) atoms. The Kier molecular flexibility index (Phi) is 4.92. The van der Waals surface area contributed by atoms with Crippen molar-refractivity contribution in [1.29, 1.82) is 0 Å². The highest BCUT2D eigenvalue weighted by Gasteiger charge is 2.25. The minimum absolute atomic E-state index is 0.131. The van der Waals surface area contributed by atoms with Crippen LogP contribution >= 0.6 is 0 Å². The lowest BCUT2D eigenvalue weighted by atomic mass is 10.0. The number of hydrogen-bond donors (Lipinski definition) is 1. The Morgan fingerprint density at radius 2 is 2.05 bits per heavy atom. The van der Waals surface area contributed by atoms with E-state index >= 15 is 0 Å². The summed E-state index contributed by atoms with van der Waals surface area (Å²) in [5, 5.41) is 3.62. The molecular weight excluding hydrogens is 258 g/mol. The molecule has 3 nitrogen and oxygen atoms in total. The third kappa shape index (κ3) is 4.19. The first kappa shape index (κ1) is 16.3. The third-order valence-electron chi connectivity index (χ3n) is 4.41. The predicted molar refractivity (Wildman–Crippen MR) is 90.9 cm³/mol. The van der Waals surface area contributed by atoms with Gasteiger partial charge in [0, 0.05) is 36.4 Å². The van der Waals surface area contributed by atoms with Crippen molar-refractivity contribution in [1.82, 2.24) is 10.3 Å². The lowest BCUT2D eigenvalue weighted by Crippen LogP contribution is -2.36. The number of aromatic nitrogens is 1. The molecule has 1 unspecified atom stereocenters. The second kappa shape index (κ2) is 6.35. The number of anilines is 1. The quantitative estimate of drug-likeness (QED) is 0.913. The number of nitrogens with one attached hydrogen (secondary N) is 1. The van der Waals surface area contributed by atoms with Gasteiger partial charge < -0.3 is 10.2 Å². The van der Waals surface area contributed by atoms with Crippen LogP contribution in [0.5, 0.6) is 0 Å². The number of hydrogen-bond acceptors (Lipinski definition) is 3. The number of rotatable bonds is 4. The summed E-state index contributed by atoms with van der Waals surface area (Å²) in [5.74, 6) is 2.04. The molecule has 1 fully saturated rings. The van der Waals surface area contributed by atoms with E-state index in [-0.39, 0.29) is 5.54 Å². The number of aryl methyl sites for hydroxylation is 2. The molecule has 1 N–H and O–H groups in total. The van der Waals surface area contributed by atoms with Crippen LogP contribution in [0.1, 0.15) is 57.4 Å². The van der Waals surface area contributed by atoms with E-state index in [4.69, 9.17) is 4.98 Å². The van der Waals surface area contributed by atoms with Crippen molar-refractivity contribution < 1.29 is 0 Å². The molecule has 1 atom stereocenters. The van der Waals surface area contributed by atoms with Gasteiger partial charge in [-0.1, -0.05) is 13.3 Å². The fourth-order valence-electron chi connectivity index (χ4n) is 3.04. The van der Waals surface area contributed by atoms with Gasteiger partial charge in [-0.15, -0.1) is 0 Å². The van der Waals surface area contributed by atoms with Crippen molar-refractivity contribution in [3.8, 4) is 0 Å². The van der Waals surface area contributed by atoms with E-state index in [0.717, 1.165) is 31.2 Å². The summed E-state index contributed by atoms with van der Waals surface area (Å²) in [6.45, 7) is 16.5. The van der Waals surface area contributed by atoms with Crippen LogP contribution in [0.25, 0.3) is 0 Å². The third-order valence-corrected chi connectivity index (χ3v) is 4.41. The van der Waals surface area contributed by atoms with Gasteiger partial charge in [-0.25, -0.2) is 4.98 Å². The average Bonchev–Trinajstić information content (AvgIpc) is 2.84. The van der Waals surface area contributed by atoms with Crippen molar-refractivity contribution in [2.45, 2.75) is 66.5 Å². The van der Waals surface area contributed by atoms with Crippen LogP contribution < -0.4 is 10.2 Å². The van der Waals surface area contributed by atoms with Gasteiger partial charge in [0.1, 0.15) is 5.82 Å². The van der Waals surface area contributed by atoms with Crippen molar-refractivity contribution in [2.24, 2.45) is 5.92 Å². The Labute approximate surface area is 130 Å². The lowest BCUT2D eigenvalue weighted by Gasteiger charge is -2.26. The zero-order valence-electron chi connectivity index (χ0n) is 14.6. The summed E-state index contributed by atoms with van der Waals surface area (Å²) in [4.78, 5) is 7.37. The summed E-state index contributed by atoms with van der Waals surface area (Å²) in [6.07, 6.45) is 2.58. The fourth-order valence-corrected chi connectivity index (χ4v) is 3.04. The lowest BCUT2D eigenvalue weighted by molar-refractivity contribution is 0.423. The normalized spacial score (nSPS) is 19.3. The fraction of sp³-hybridized carbons (Fsp3) is 0.722. The monoisotopic (exact) mass is 289 g/mol. The van der Waals surface area contributed by atoms with E-state index in [1.165, 1.54) is 29.8 Å². The van der Waals surface area contributed by atoms with Gasteiger partial charge in [0.25, 0.3) is 0 Å². The molecule has 0 amide bonds. The van der Waals surface area contributed by atoms with E-state index in [1.807, 2.05) is 0 Å². The second-order valence-electron chi connectivity index (χ2n) is 7.50. The molecule has 1 aliphatic heterocycles. The molecule has 0 aliphatic carbocycles. The largest absolute Gasteiger partial charge is 0.356 e. The molecule has 0 aromatic carbocycles. The van der Waals surface area contributed by atoms with E-state index in [0.29, 0.717) is 0 Å². The Hall–Kier alpha value is -1.09. The summed E-state index contributed by atoms with van der Waals surface area (Å²) >= 11 is 0.